The Labute approximate surface area is 212 Å². The number of aromatic nitrogens is 3. The largest absolute Gasteiger partial charge is 0.342 e. The number of hydrogen-bond donors (Lipinski definition) is 0. The van der Waals surface area contributed by atoms with Crippen molar-refractivity contribution in [1.29, 1.82) is 0 Å². The Bertz CT molecular complexity index is 1190. The SMILES string of the molecule is O=C(/C=C/c1cn(-c2ccccc2)nc1-c1cccnc1)N1CCC(C(=O)N2CCCCCC2)CC1. The zero-order valence-electron chi connectivity index (χ0n) is 20.6. The van der Waals surface area contributed by atoms with E-state index in [2.05, 4.69) is 9.88 Å². The van der Waals surface area contributed by atoms with Gasteiger partial charge in [0.05, 0.1) is 5.69 Å². The molecule has 2 amide bonds. The number of carbonyl (C=O) groups is 2. The van der Waals surface area contributed by atoms with Crippen LogP contribution in [0.2, 0.25) is 0 Å². The van der Waals surface area contributed by atoms with Crippen molar-refractivity contribution in [2.24, 2.45) is 5.92 Å². The van der Waals surface area contributed by atoms with Gasteiger partial charge in [-0.3, -0.25) is 14.6 Å². The van der Waals surface area contributed by atoms with Crippen LogP contribution >= 0.6 is 0 Å². The first kappa shape index (κ1) is 24.0. The second-order valence-electron chi connectivity index (χ2n) is 9.63. The maximum absolute atomic E-state index is 13.0. The highest BCUT2D eigenvalue weighted by Crippen LogP contribution is 2.25. The van der Waals surface area contributed by atoms with Gasteiger partial charge in [0.15, 0.2) is 0 Å². The van der Waals surface area contributed by atoms with E-state index < -0.39 is 0 Å². The molecule has 0 spiro atoms. The summed E-state index contributed by atoms with van der Waals surface area (Å²) in [5.41, 5.74) is 3.47. The van der Waals surface area contributed by atoms with E-state index in [9.17, 15) is 9.59 Å². The number of nitrogens with zero attached hydrogens (tertiary/aromatic N) is 5. The Morgan fingerprint density at radius 1 is 0.861 bits per heavy atom. The number of amides is 2. The van der Waals surface area contributed by atoms with E-state index in [1.165, 1.54) is 12.8 Å². The number of likely N-dealkylation sites (tertiary alicyclic amines) is 2. The molecular weight excluding hydrogens is 450 g/mol. The Morgan fingerprint density at radius 3 is 2.31 bits per heavy atom. The van der Waals surface area contributed by atoms with E-state index in [-0.39, 0.29) is 17.7 Å². The fraction of sp³-hybridized carbons (Fsp3) is 0.379. The molecule has 0 atom stereocenters. The molecule has 2 aromatic heterocycles. The van der Waals surface area contributed by atoms with Crippen LogP contribution in [-0.4, -0.2) is 62.6 Å². The molecule has 0 aliphatic carbocycles. The number of rotatable bonds is 5. The highest BCUT2D eigenvalue weighted by molar-refractivity contribution is 5.93. The van der Waals surface area contributed by atoms with Gasteiger partial charge in [-0.05, 0) is 56.0 Å². The van der Waals surface area contributed by atoms with E-state index >= 15 is 0 Å². The lowest BCUT2D eigenvalue weighted by atomic mass is 9.95. The van der Waals surface area contributed by atoms with E-state index in [4.69, 9.17) is 5.10 Å². The van der Waals surface area contributed by atoms with E-state index in [1.54, 1.807) is 18.5 Å². The van der Waals surface area contributed by atoms with Gasteiger partial charge in [0.25, 0.3) is 0 Å². The average Bonchev–Trinajstić information content (AvgIpc) is 3.18. The van der Waals surface area contributed by atoms with Crippen LogP contribution in [-0.2, 0) is 9.59 Å². The minimum atomic E-state index is -0.0275. The second kappa shape index (κ2) is 11.3. The summed E-state index contributed by atoms with van der Waals surface area (Å²) in [4.78, 5) is 34.1. The summed E-state index contributed by atoms with van der Waals surface area (Å²) in [6.45, 7) is 3.01. The molecule has 186 valence electrons. The molecule has 2 aliphatic rings. The molecule has 7 nitrogen and oxygen atoms in total. The number of para-hydroxylation sites is 1. The highest BCUT2D eigenvalue weighted by atomic mass is 16.2. The van der Waals surface area contributed by atoms with Crippen molar-refractivity contribution in [3.05, 3.63) is 72.7 Å². The molecular formula is C29H33N5O2. The molecule has 0 N–H and O–H groups in total. The summed E-state index contributed by atoms with van der Waals surface area (Å²) in [5.74, 6) is 0.298. The van der Waals surface area contributed by atoms with Gasteiger partial charge in [-0.25, -0.2) is 4.68 Å². The predicted molar refractivity (Wildman–Crippen MR) is 140 cm³/mol. The molecule has 0 radical (unpaired) electrons. The third kappa shape index (κ3) is 5.56. The Morgan fingerprint density at radius 2 is 1.61 bits per heavy atom. The number of benzene rings is 1. The van der Waals surface area contributed by atoms with Gasteiger partial charge in [-0.2, -0.15) is 5.10 Å². The molecule has 1 aromatic carbocycles. The molecule has 0 bridgehead atoms. The molecule has 36 heavy (non-hydrogen) atoms. The van der Waals surface area contributed by atoms with Gasteiger partial charge in [0.2, 0.25) is 11.8 Å². The zero-order chi connectivity index (χ0) is 24.7. The molecule has 0 unspecified atom stereocenters. The average molecular weight is 484 g/mol. The van der Waals surface area contributed by atoms with Crippen molar-refractivity contribution in [2.45, 2.75) is 38.5 Å². The van der Waals surface area contributed by atoms with Crippen LogP contribution in [0.3, 0.4) is 0 Å². The molecule has 2 saturated heterocycles. The maximum atomic E-state index is 13.0. The Kier molecular flexibility index (Phi) is 7.55. The van der Waals surface area contributed by atoms with Crippen LogP contribution in [0.4, 0.5) is 0 Å². The summed E-state index contributed by atoms with van der Waals surface area (Å²) in [6.07, 6.45) is 15.0. The van der Waals surface area contributed by atoms with Crippen LogP contribution in [0.5, 0.6) is 0 Å². The molecule has 2 aliphatic heterocycles. The molecule has 4 heterocycles. The fourth-order valence-corrected chi connectivity index (χ4v) is 5.11. The van der Waals surface area contributed by atoms with Crippen molar-refractivity contribution >= 4 is 17.9 Å². The van der Waals surface area contributed by atoms with Crippen LogP contribution in [0.15, 0.2) is 67.1 Å². The van der Waals surface area contributed by atoms with Crippen molar-refractivity contribution < 1.29 is 9.59 Å². The van der Waals surface area contributed by atoms with Crippen LogP contribution in [0.1, 0.15) is 44.1 Å². The van der Waals surface area contributed by atoms with Gasteiger partial charge in [-0.15, -0.1) is 0 Å². The minimum Gasteiger partial charge on any atom is -0.342 e. The summed E-state index contributed by atoms with van der Waals surface area (Å²) in [7, 11) is 0. The first-order valence-corrected chi connectivity index (χ1v) is 13.0. The third-order valence-electron chi connectivity index (χ3n) is 7.18. The van der Waals surface area contributed by atoms with E-state index in [0.717, 1.165) is 61.3 Å². The number of carbonyl (C=O) groups excluding carboxylic acids is 2. The second-order valence-corrected chi connectivity index (χ2v) is 9.63. The lowest BCUT2D eigenvalue weighted by molar-refractivity contribution is -0.139. The molecule has 7 heteroatoms. The Hall–Kier alpha value is -3.74. The van der Waals surface area contributed by atoms with Crippen molar-refractivity contribution in [1.82, 2.24) is 24.6 Å². The summed E-state index contributed by atoms with van der Waals surface area (Å²) in [5, 5.41) is 4.78. The van der Waals surface area contributed by atoms with Gasteiger partial charge < -0.3 is 9.80 Å². The van der Waals surface area contributed by atoms with Gasteiger partial charge in [-0.1, -0.05) is 31.0 Å². The molecule has 3 aromatic rings. The van der Waals surface area contributed by atoms with Crippen LogP contribution in [0, 0.1) is 5.92 Å². The molecule has 0 saturated carbocycles. The quantitative estimate of drug-likeness (QED) is 0.498. The first-order chi connectivity index (χ1) is 17.7. The number of pyridine rings is 1. The van der Waals surface area contributed by atoms with Crippen molar-refractivity contribution in [3.8, 4) is 16.9 Å². The zero-order valence-corrected chi connectivity index (χ0v) is 20.6. The molecule has 2 fully saturated rings. The smallest absolute Gasteiger partial charge is 0.246 e. The normalized spacial score (nSPS) is 17.3. The lowest BCUT2D eigenvalue weighted by Gasteiger charge is -2.33. The summed E-state index contributed by atoms with van der Waals surface area (Å²) in [6, 6.07) is 13.8. The Balaban J connectivity index is 1.26. The van der Waals surface area contributed by atoms with Gasteiger partial charge >= 0.3 is 0 Å². The van der Waals surface area contributed by atoms with E-state index in [1.807, 2.05) is 64.3 Å². The topological polar surface area (TPSA) is 71.3 Å². The highest BCUT2D eigenvalue weighted by Gasteiger charge is 2.30. The van der Waals surface area contributed by atoms with Crippen LogP contribution < -0.4 is 0 Å². The minimum absolute atomic E-state index is 0.0275. The molecule has 5 rings (SSSR count). The van der Waals surface area contributed by atoms with Crippen LogP contribution in [0.25, 0.3) is 23.0 Å². The monoisotopic (exact) mass is 483 g/mol. The first-order valence-electron chi connectivity index (χ1n) is 13.0. The maximum Gasteiger partial charge on any atom is 0.246 e. The third-order valence-corrected chi connectivity index (χ3v) is 7.18. The van der Waals surface area contributed by atoms with Crippen molar-refractivity contribution in [2.75, 3.05) is 26.2 Å². The summed E-state index contributed by atoms with van der Waals surface area (Å²) >= 11 is 0. The fourth-order valence-electron chi connectivity index (χ4n) is 5.11. The number of hydrogen-bond acceptors (Lipinski definition) is 4. The summed E-state index contributed by atoms with van der Waals surface area (Å²) < 4.78 is 1.83. The van der Waals surface area contributed by atoms with Gasteiger partial charge in [0, 0.05) is 67.9 Å². The standard InChI is InChI=1S/C29H33N5O2/c35-27(32-19-14-23(15-20-32)29(36)33-17-6-1-2-7-18-33)13-12-25-22-34(26-10-4-3-5-11-26)31-28(25)24-9-8-16-30-21-24/h3-5,8-13,16,21-23H,1-2,6-7,14-15,17-20H2/b13-12+. The lowest BCUT2D eigenvalue weighted by Crippen LogP contribution is -2.44. The van der Waals surface area contributed by atoms with Crippen molar-refractivity contribution in [3.63, 3.8) is 0 Å². The van der Waals surface area contributed by atoms with E-state index in [0.29, 0.717) is 13.1 Å². The predicted octanol–water partition coefficient (Wildman–Crippen LogP) is 4.59. The van der Waals surface area contributed by atoms with Gasteiger partial charge in [0.1, 0.15) is 5.69 Å². The number of piperidine rings is 1.